The Morgan fingerprint density at radius 3 is 3.00 bits per heavy atom. The lowest BCUT2D eigenvalue weighted by atomic mass is 10.1. The Kier molecular flexibility index (Phi) is 5.38. The van der Waals surface area contributed by atoms with Gasteiger partial charge in [0.1, 0.15) is 24.0 Å². The lowest BCUT2D eigenvalue weighted by Gasteiger charge is -2.19. The predicted molar refractivity (Wildman–Crippen MR) is 118 cm³/mol. The van der Waals surface area contributed by atoms with Gasteiger partial charge in [0.05, 0.1) is 25.3 Å². The second-order valence-electron chi connectivity index (χ2n) is 7.72. The van der Waals surface area contributed by atoms with Crippen molar-refractivity contribution < 1.29 is 20.0 Å². The number of nitrogen functional groups attached to an aromatic ring is 1. The van der Waals surface area contributed by atoms with Gasteiger partial charge in [-0.2, -0.15) is 5.10 Å². The molecule has 0 amide bonds. The van der Waals surface area contributed by atoms with Gasteiger partial charge in [-0.15, -0.1) is 0 Å². The molecule has 2 aromatic heterocycles. The predicted octanol–water partition coefficient (Wildman–Crippen LogP) is 4.84. The van der Waals surface area contributed by atoms with E-state index in [0.717, 1.165) is 12.0 Å². The average Bonchev–Trinajstić information content (AvgIpc) is 3.52. The van der Waals surface area contributed by atoms with Crippen LogP contribution < -0.4 is 10.5 Å². The van der Waals surface area contributed by atoms with E-state index in [-0.39, 0.29) is 40.4 Å². The highest BCUT2D eigenvalue weighted by molar-refractivity contribution is 6.36. The van der Waals surface area contributed by atoms with Crippen molar-refractivity contribution in [3.8, 4) is 16.9 Å². The van der Waals surface area contributed by atoms with Crippen LogP contribution >= 0.6 is 23.2 Å². The van der Waals surface area contributed by atoms with E-state index < -0.39 is 17.9 Å². The number of halogens is 3. The molecule has 7 nitrogen and oxygen atoms in total. The fraction of sp³-hybridized carbons (Fsp3) is 0.364. The Morgan fingerprint density at radius 2 is 2.16 bits per heavy atom. The number of benzene rings is 1. The van der Waals surface area contributed by atoms with Gasteiger partial charge >= 0.3 is 0 Å². The number of anilines is 1. The van der Waals surface area contributed by atoms with Crippen molar-refractivity contribution in [1.29, 1.82) is 0 Å². The van der Waals surface area contributed by atoms with Crippen molar-refractivity contribution in [3.63, 3.8) is 0 Å². The molecule has 0 saturated carbocycles. The quantitative estimate of drug-likeness (QED) is 0.526. The van der Waals surface area contributed by atoms with E-state index in [4.69, 9.17) is 44.5 Å². The first-order chi connectivity index (χ1) is 15.8. The van der Waals surface area contributed by atoms with Gasteiger partial charge in [0.15, 0.2) is 11.6 Å². The summed E-state index contributed by atoms with van der Waals surface area (Å²) in [6, 6.07) is 3.19. The zero-order chi connectivity index (χ0) is 23.3. The second-order valence-corrected chi connectivity index (χ2v) is 8.50. The molecule has 10 heteroatoms. The van der Waals surface area contributed by atoms with E-state index in [0.29, 0.717) is 17.7 Å². The molecule has 2 aliphatic rings. The number of aromatic nitrogens is 3. The highest BCUT2D eigenvalue weighted by atomic mass is 35.5. The first-order valence-corrected chi connectivity index (χ1v) is 10.9. The zero-order valence-corrected chi connectivity index (χ0v) is 18.6. The minimum Gasteiger partial charge on any atom is -0.482 e. The maximum absolute atomic E-state index is 13.9. The average molecular weight is 480 g/mol. The summed E-state index contributed by atoms with van der Waals surface area (Å²) < 4.78 is 41.8. The minimum absolute atomic E-state index is 0.0868. The zero-order valence-electron chi connectivity index (χ0n) is 18.1. The summed E-state index contributed by atoms with van der Waals surface area (Å²) in [5, 5.41) is 4.57. The molecule has 2 saturated heterocycles. The largest absolute Gasteiger partial charge is 0.482 e. The molecule has 4 heterocycles. The molecule has 0 bridgehead atoms. The van der Waals surface area contributed by atoms with Gasteiger partial charge in [-0.1, -0.05) is 23.2 Å². The minimum atomic E-state index is -1.14. The highest BCUT2D eigenvalue weighted by Crippen LogP contribution is 2.38. The van der Waals surface area contributed by atoms with Crippen molar-refractivity contribution in [2.75, 3.05) is 18.9 Å². The number of nitrogens with two attached hydrogens (primary N) is 1. The van der Waals surface area contributed by atoms with Gasteiger partial charge in [0.25, 0.3) is 0 Å². The smallest absolute Gasteiger partial charge is 0.166 e. The molecule has 32 heavy (non-hydrogen) atoms. The van der Waals surface area contributed by atoms with Crippen LogP contribution in [-0.2, 0) is 9.47 Å². The first kappa shape index (κ1) is 20.2. The van der Waals surface area contributed by atoms with Gasteiger partial charge in [-0.25, -0.2) is 9.37 Å². The molecule has 0 aliphatic carbocycles. The molecule has 2 aliphatic heterocycles. The fourth-order valence-corrected chi connectivity index (χ4v) is 4.70. The summed E-state index contributed by atoms with van der Waals surface area (Å²) in [6.07, 6.45) is 4.62. The molecule has 5 rings (SSSR count). The van der Waals surface area contributed by atoms with Crippen LogP contribution in [0.15, 0.2) is 36.8 Å². The van der Waals surface area contributed by atoms with E-state index in [2.05, 4.69) is 10.1 Å². The lowest BCUT2D eigenvalue weighted by molar-refractivity contribution is 0.0634. The van der Waals surface area contributed by atoms with Gasteiger partial charge in [-0.05, 0) is 31.5 Å². The van der Waals surface area contributed by atoms with E-state index in [1.54, 1.807) is 36.3 Å². The number of hydrogen-bond donors (Lipinski definition) is 1. The van der Waals surface area contributed by atoms with Crippen LogP contribution in [0.3, 0.4) is 0 Å². The van der Waals surface area contributed by atoms with Crippen LogP contribution in [-0.4, -0.2) is 40.2 Å². The fourth-order valence-electron chi connectivity index (χ4n) is 4.02. The van der Waals surface area contributed by atoms with Crippen LogP contribution in [0, 0.1) is 5.82 Å². The number of fused-ring (bicyclic) bond motifs is 1. The van der Waals surface area contributed by atoms with Crippen LogP contribution in [0.25, 0.3) is 11.1 Å². The van der Waals surface area contributed by atoms with Crippen molar-refractivity contribution >= 4 is 29.0 Å². The third-order valence-corrected chi connectivity index (χ3v) is 6.41. The monoisotopic (exact) mass is 479 g/mol. The normalized spacial score (nSPS) is 26.1. The van der Waals surface area contributed by atoms with Gasteiger partial charge in [0, 0.05) is 40.7 Å². The lowest BCUT2D eigenvalue weighted by Crippen LogP contribution is -2.25. The van der Waals surface area contributed by atoms with Gasteiger partial charge in [0.2, 0.25) is 0 Å². The topological polar surface area (TPSA) is 84.4 Å². The third kappa shape index (κ3) is 3.81. The maximum Gasteiger partial charge on any atom is 0.166 e. The Hall–Kier alpha value is -2.39. The molecule has 0 spiro atoms. The van der Waals surface area contributed by atoms with E-state index in [1.807, 2.05) is 0 Å². The van der Waals surface area contributed by atoms with Crippen LogP contribution in [0.4, 0.5) is 10.2 Å². The first-order valence-electron chi connectivity index (χ1n) is 10.6. The van der Waals surface area contributed by atoms with Crippen molar-refractivity contribution in [2.24, 2.45) is 0 Å². The van der Waals surface area contributed by atoms with Gasteiger partial charge < -0.3 is 19.9 Å². The maximum atomic E-state index is 13.9. The molecule has 2 fully saturated rings. The van der Waals surface area contributed by atoms with E-state index in [9.17, 15) is 4.39 Å². The highest BCUT2D eigenvalue weighted by Gasteiger charge is 2.43. The van der Waals surface area contributed by atoms with Crippen LogP contribution in [0.5, 0.6) is 5.75 Å². The number of pyridine rings is 1. The number of ether oxygens (including phenoxy) is 3. The van der Waals surface area contributed by atoms with Gasteiger partial charge in [-0.3, -0.25) is 4.68 Å². The number of rotatable bonds is 5. The number of hydrogen-bond acceptors (Lipinski definition) is 6. The van der Waals surface area contributed by atoms with Crippen molar-refractivity contribution in [2.45, 2.75) is 37.7 Å². The summed E-state index contributed by atoms with van der Waals surface area (Å²) >= 11 is 12.3. The van der Waals surface area contributed by atoms with Crippen LogP contribution in [0.2, 0.25) is 10.0 Å². The van der Waals surface area contributed by atoms with Crippen LogP contribution in [0.1, 0.15) is 32.4 Å². The molecule has 0 radical (unpaired) electrons. The molecular weight excluding hydrogens is 458 g/mol. The van der Waals surface area contributed by atoms with E-state index in [1.165, 1.54) is 12.1 Å². The number of nitrogens with zero attached hydrogens (tertiary/aromatic N) is 3. The molecule has 3 aromatic rings. The summed E-state index contributed by atoms with van der Waals surface area (Å²) in [4.78, 5) is 4.22. The molecule has 2 N–H and O–H groups in total. The standard InChI is InChI=1S/C22H21Cl2FN4O3/c1-11(19-14(23)2-3-15(25)20(19)24)32-18-6-12(7-27-22(18)26)13-8-28-29(9-13)16-10-31-17-4-5-30-21(16)17/h2-3,6-9,11,16-17,21H,4-5,10H2,1H3,(H2,26,27)/t11-,16?,17?,21?/m1/s1/i16D. The second kappa shape index (κ2) is 8.51. The Morgan fingerprint density at radius 1 is 1.31 bits per heavy atom. The summed E-state index contributed by atoms with van der Waals surface area (Å²) in [5.74, 6) is -0.148. The summed E-state index contributed by atoms with van der Waals surface area (Å²) in [6.45, 7) is 2.47. The third-order valence-electron chi connectivity index (χ3n) is 5.69. The van der Waals surface area contributed by atoms with E-state index >= 15 is 0 Å². The summed E-state index contributed by atoms with van der Waals surface area (Å²) in [7, 11) is 0. The SMILES string of the molecule is [2H]C1(n2cc(-c3cnc(N)c(O[C@H](C)c4c(Cl)ccc(F)c4Cl)c3)cn2)COC2CCOC21. The molecule has 168 valence electrons. The Bertz CT molecular complexity index is 1210. The van der Waals surface area contributed by atoms with Crippen molar-refractivity contribution in [3.05, 3.63) is 58.2 Å². The Balaban J connectivity index is 1.42. The Labute approximate surface area is 195 Å². The summed E-state index contributed by atoms with van der Waals surface area (Å²) in [5.41, 5.74) is 7.74. The molecule has 3 unspecified atom stereocenters. The molecular formula is C22H21Cl2FN4O3. The molecule has 1 aromatic carbocycles. The van der Waals surface area contributed by atoms with Crippen molar-refractivity contribution in [1.82, 2.24) is 14.8 Å². The molecule has 4 atom stereocenters.